The third-order valence-corrected chi connectivity index (χ3v) is 13.1. The highest BCUT2D eigenvalue weighted by Gasteiger charge is 2.31. The van der Waals surface area contributed by atoms with Gasteiger partial charge < -0.3 is 20.0 Å². The fraction of sp³-hybridized carbons (Fsp3) is 0.372. The molecule has 0 radical (unpaired) electrons. The van der Waals surface area contributed by atoms with Gasteiger partial charge in [-0.25, -0.2) is 18.1 Å². The second-order valence-corrected chi connectivity index (χ2v) is 18.8. The zero-order chi connectivity index (χ0) is 41.9. The lowest BCUT2D eigenvalue weighted by Gasteiger charge is -2.39. The summed E-state index contributed by atoms with van der Waals surface area (Å²) < 4.78 is 35.5. The normalized spacial score (nSPS) is 18.1. The van der Waals surface area contributed by atoms with Crippen molar-refractivity contribution in [3.05, 3.63) is 122 Å². The van der Waals surface area contributed by atoms with E-state index in [-0.39, 0.29) is 22.4 Å². The lowest BCUT2D eigenvalue weighted by atomic mass is 9.72. The maximum atomic E-state index is 13.8. The number of allylic oxidation sites excluding steroid dienone is 1. The van der Waals surface area contributed by atoms with Crippen molar-refractivity contribution >= 4 is 61.8 Å². The van der Waals surface area contributed by atoms with Gasteiger partial charge in [0.1, 0.15) is 17.2 Å². The Morgan fingerprint density at radius 2 is 1.61 bits per heavy atom. The van der Waals surface area contributed by atoms with Crippen molar-refractivity contribution in [2.24, 2.45) is 5.41 Å². The van der Waals surface area contributed by atoms with E-state index >= 15 is 0 Å². The van der Waals surface area contributed by atoms with E-state index in [0.29, 0.717) is 23.9 Å². The molecule has 0 unspecified atom stereocenters. The number of nitrogens with zero attached hydrogens (tertiary/aromatic N) is 5. The Kier molecular flexibility index (Phi) is 12.9. The van der Waals surface area contributed by atoms with E-state index in [1.54, 1.807) is 36.4 Å². The van der Waals surface area contributed by atoms with Crippen molar-refractivity contribution in [3.63, 3.8) is 0 Å². The zero-order valence-corrected chi connectivity index (χ0v) is 35.7. The number of likely N-dealkylation sites (N-methyl/N-ethyl adjacent to an activating group) is 1. The number of nitro groups is 1. The summed E-state index contributed by atoms with van der Waals surface area (Å²) >= 11 is 12.5. The molecule has 2 saturated heterocycles. The van der Waals surface area contributed by atoms with Gasteiger partial charge in [0.05, 0.1) is 15.4 Å². The van der Waals surface area contributed by atoms with Crippen LogP contribution < -0.4 is 19.8 Å². The van der Waals surface area contributed by atoms with Crippen molar-refractivity contribution in [2.45, 2.75) is 38.0 Å². The molecule has 0 atom stereocenters. The number of hydrazine groups is 1. The number of nitrogens with one attached hydrogen (secondary N) is 2. The first-order valence-corrected chi connectivity index (χ1v) is 21.9. The van der Waals surface area contributed by atoms with Gasteiger partial charge in [-0.2, -0.15) is 0 Å². The van der Waals surface area contributed by atoms with Crippen molar-refractivity contribution < 1.29 is 22.9 Å². The highest BCUT2D eigenvalue weighted by atomic mass is 35.5. The molecule has 1 aliphatic carbocycles. The second kappa shape index (κ2) is 17.9. The first-order chi connectivity index (χ1) is 28.1. The van der Waals surface area contributed by atoms with Crippen LogP contribution in [-0.2, 0) is 10.0 Å². The van der Waals surface area contributed by atoms with E-state index in [9.17, 15) is 23.3 Å². The van der Waals surface area contributed by atoms with Crippen molar-refractivity contribution in [2.75, 3.05) is 76.3 Å². The van der Waals surface area contributed by atoms with Crippen LogP contribution in [0.3, 0.4) is 0 Å². The summed E-state index contributed by atoms with van der Waals surface area (Å²) in [4.78, 5) is 31.6. The number of hydrogen-bond acceptors (Lipinski definition) is 11. The smallest absolute Gasteiger partial charge is 0.295 e. The number of amides is 1. The number of ether oxygens (including phenoxy) is 1. The molecule has 2 heterocycles. The monoisotopic (exact) mass is 861 g/mol. The average Bonchev–Trinajstić information content (AvgIpc) is 3.20. The van der Waals surface area contributed by atoms with E-state index in [1.165, 1.54) is 34.9 Å². The Hall–Kier alpha value is -4.70. The van der Waals surface area contributed by atoms with Crippen molar-refractivity contribution in [1.29, 1.82) is 0 Å². The van der Waals surface area contributed by atoms with Crippen LogP contribution in [0, 0.1) is 15.5 Å². The predicted octanol–water partition coefficient (Wildman–Crippen LogP) is 8.17. The summed E-state index contributed by atoms with van der Waals surface area (Å²) in [5.74, 6) is -0.475. The maximum absolute atomic E-state index is 13.8. The molecule has 0 aromatic heterocycles. The number of nitro benzene ring substituents is 1. The molecule has 2 fully saturated rings. The van der Waals surface area contributed by atoms with Gasteiger partial charge in [0, 0.05) is 86.8 Å². The standard InChI is InChI=1S/C43H49Cl2N7O6S/c1-43(2)16-15-31(38(28-43)30-7-9-32(44)10-8-30)29-49-19-21-50(22-20-49)34-11-13-37(41(26-34)58-35-6-4-5-33(45)25-35)42(53)47-59(56,57)36-12-14-39(40(27-36)52(54)55)46-51-23-17-48(3)18-24-51/h4-14,25-27,46H,15-24,28-29H2,1-3H3,(H,47,53). The molecule has 2 N–H and O–H groups in total. The van der Waals surface area contributed by atoms with Gasteiger partial charge in [-0.1, -0.05) is 60.8 Å². The largest absolute Gasteiger partial charge is 0.456 e. The summed E-state index contributed by atoms with van der Waals surface area (Å²) in [6.07, 6.45) is 3.20. The van der Waals surface area contributed by atoms with Crippen molar-refractivity contribution in [1.82, 2.24) is 19.5 Å². The number of hydrogen-bond donors (Lipinski definition) is 2. The maximum Gasteiger partial charge on any atom is 0.295 e. The summed E-state index contributed by atoms with van der Waals surface area (Å²) in [6.45, 7) is 11.4. The molecule has 1 amide bonds. The van der Waals surface area contributed by atoms with E-state index in [2.05, 4.69) is 50.8 Å². The van der Waals surface area contributed by atoms with Crippen molar-refractivity contribution in [3.8, 4) is 11.5 Å². The molecule has 16 heteroatoms. The quantitative estimate of drug-likeness (QED) is 0.105. The molecular formula is C43H49Cl2N7O6S. The summed E-state index contributed by atoms with van der Waals surface area (Å²) in [5, 5.41) is 15.1. The van der Waals surface area contributed by atoms with E-state index in [0.717, 1.165) is 81.9 Å². The predicted molar refractivity (Wildman–Crippen MR) is 233 cm³/mol. The fourth-order valence-electron chi connectivity index (χ4n) is 7.78. The Labute approximate surface area is 355 Å². The van der Waals surface area contributed by atoms with Crippen LogP contribution in [0.1, 0.15) is 49.0 Å². The number of sulfonamides is 1. The van der Waals surface area contributed by atoms with Gasteiger partial charge in [0.15, 0.2) is 0 Å². The lowest BCUT2D eigenvalue weighted by Crippen LogP contribution is -2.47. The molecule has 0 bridgehead atoms. The Morgan fingerprint density at radius 3 is 2.31 bits per heavy atom. The second-order valence-electron chi connectivity index (χ2n) is 16.2. The van der Waals surface area contributed by atoms with Gasteiger partial charge in [-0.15, -0.1) is 0 Å². The molecular weight excluding hydrogens is 813 g/mol. The van der Waals surface area contributed by atoms with Crippen LogP contribution in [0.25, 0.3) is 5.57 Å². The van der Waals surface area contributed by atoms with E-state index < -0.39 is 31.4 Å². The van der Waals surface area contributed by atoms with E-state index in [4.69, 9.17) is 27.9 Å². The minimum atomic E-state index is -4.55. The molecule has 59 heavy (non-hydrogen) atoms. The number of halogens is 2. The average molecular weight is 863 g/mol. The highest BCUT2D eigenvalue weighted by Crippen LogP contribution is 2.43. The third kappa shape index (κ3) is 10.6. The summed E-state index contributed by atoms with van der Waals surface area (Å²) in [7, 11) is -2.56. The van der Waals surface area contributed by atoms with Crippen LogP contribution in [-0.4, -0.2) is 100 Å². The van der Waals surface area contributed by atoms with Gasteiger partial charge in [-0.05, 0) is 97.5 Å². The zero-order valence-electron chi connectivity index (χ0n) is 33.4. The molecule has 312 valence electrons. The summed E-state index contributed by atoms with van der Waals surface area (Å²) in [6, 6.07) is 23.4. The molecule has 2 aliphatic heterocycles. The highest BCUT2D eigenvalue weighted by molar-refractivity contribution is 7.90. The number of benzene rings is 4. The Morgan fingerprint density at radius 1 is 0.881 bits per heavy atom. The number of piperazine rings is 2. The topological polar surface area (TPSA) is 141 Å². The van der Waals surface area contributed by atoms with Gasteiger partial charge in [0.2, 0.25) is 0 Å². The number of carbonyl (C=O) groups is 1. The minimum absolute atomic E-state index is 0.0410. The Bertz CT molecular complexity index is 2340. The number of rotatable bonds is 12. The van der Waals surface area contributed by atoms with Gasteiger partial charge in [-0.3, -0.25) is 19.8 Å². The lowest BCUT2D eigenvalue weighted by molar-refractivity contribution is -0.384. The first kappa shape index (κ1) is 42.4. The number of carbonyl (C=O) groups excluding carboxylic acids is 1. The van der Waals surface area contributed by atoms with Crippen LogP contribution in [0.15, 0.2) is 95.4 Å². The SMILES string of the molecule is CN1CCN(Nc2ccc(S(=O)(=O)NC(=O)c3ccc(N4CCN(CC5=C(c6ccc(Cl)cc6)CC(C)(C)CC5)CC4)cc3Oc3cccc(Cl)c3)cc2[N+](=O)[O-])CC1. The molecule has 0 spiro atoms. The van der Waals surface area contributed by atoms with Gasteiger partial charge >= 0.3 is 0 Å². The molecule has 7 rings (SSSR count). The van der Waals surface area contributed by atoms with Gasteiger partial charge in [0.25, 0.3) is 21.6 Å². The molecule has 13 nitrogen and oxygen atoms in total. The minimum Gasteiger partial charge on any atom is -0.456 e. The first-order valence-electron chi connectivity index (χ1n) is 19.7. The number of anilines is 2. The van der Waals surface area contributed by atoms with Crippen LogP contribution >= 0.6 is 23.2 Å². The third-order valence-electron chi connectivity index (χ3n) is 11.2. The van der Waals surface area contributed by atoms with Crippen LogP contribution in [0.5, 0.6) is 11.5 Å². The fourth-order valence-corrected chi connectivity index (χ4v) is 9.08. The molecule has 3 aliphatic rings. The molecule has 0 saturated carbocycles. The van der Waals surface area contributed by atoms with Crippen LogP contribution in [0.2, 0.25) is 10.0 Å². The van der Waals surface area contributed by atoms with Crippen LogP contribution in [0.4, 0.5) is 17.1 Å². The molecule has 4 aromatic carbocycles. The summed E-state index contributed by atoms with van der Waals surface area (Å²) in [5.41, 5.74) is 7.85. The molecule has 4 aromatic rings. The van der Waals surface area contributed by atoms with E-state index in [1.807, 2.05) is 24.2 Å². The Balaban J connectivity index is 1.08.